The van der Waals surface area contributed by atoms with E-state index in [4.69, 9.17) is 9.47 Å². The highest BCUT2D eigenvalue weighted by atomic mass is 32.2. The summed E-state index contributed by atoms with van der Waals surface area (Å²) in [6.45, 7) is 4.89. The first-order valence-corrected chi connectivity index (χ1v) is 17.2. The molecule has 0 fully saturated rings. The van der Waals surface area contributed by atoms with E-state index in [1.54, 1.807) is 42.2 Å². The lowest BCUT2D eigenvalue weighted by atomic mass is 10.0. The van der Waals surface area contributed by atoms with Crippen molar-refractivity contribution in [3.05, 3.63) is 18.7 Å². The standard InChI is InChI=1S/C30H58N4O5S/c1-5-6-7-8-9-10-11-12-13-14-15-16-17-18-19-20-22-33(3)29(35)39-27-30(2,38-4)26-32-40(36,37)25-24-34-23-21-31-28-34/h21,23,28,32H,5-20,22,24-27H2,1-4H3. The third-order valence-electron chi connectivity index (χ3n) is 7.50. The lowest BCUT2D eigenvalue weighted by molar-refractivity contribution is -0.0427. The Balaban J connectivity index is 2.06. The van der Waals surface area contributed by atoms with Crippen LogP contribution in [0, 0.1) is 0 Å². The predicted octanol–water partition coefficient (Wildman–Crippen LogP) is 6.54. The van der Waals surface area contributed by atoms with Gasteiger partial charge in [-0.1, -0.05) is 103 Å². The van der Waals surface area contributed by atoms with Crippen molar-refractivity contribution >= 4 is 16.1 Å². The van der Waals surface area contributed by atoms with Crippen LogP contribution in [0.3, 0.4) is 0 Å². The maximum Gasteiger partial charge on any atom is 0.409 e. The molecule has 0 aliphatic carbocycles. The van der Waals surface area contributed by atoms with Crippen molar-refractivity contribution in [3.63, 3.8) is 0 Å². The van der Waals surface area contributed by atoms with E-state index in [0.717, 1.165) is 12.8 Å². The van der Waals surface area contributed by atoms with Crippen LogP contribution < -0.4 is 4.72 Å². The summed E-state index contributed by atoms with van der Waals surface area (Å²) in [5.74, 6) is -0.0784. The first-order valence-electron chi connectivity index (χ1n) is 15.6. The number of unbranched alkanes of at least 4 members (excludes halogenated alkanes) is 15. The average Bonchev–Trinajstić information content (AvgIpc) is 3.47. The number of aromatic nitrogens is 2. The summed E-state index contributed by atoms with van der Waals surface area (Å²) >= 11 is 0. The summed E-state index contributed by atoms with van der Waals surface area (Å²) in [6.07, 6.45) is 25.5. The molecule has 9 nitrogen and oxygen atoms in total. The van der Waals surface area contributed by atoms with Gasteiger partial charge < -0.3 is 18.9 Å². The van der Waals surface area contributed by atoms with Gasteiger partial charge in [0.05, 0.1) is 12.1 Å². The van der Waals surface area contributed by atoms with Crippen molar-refractivity contribution in [2.24, 2.45) is 0 Å². The molecule has 0 saturated carbocycles. The fourth-order valence-corrected chi connectivity index (χ4v) is 5.60. The number of carbonyl (C=O) groups is 1. The van der Waals surface area contributed by atoms with Crippen LogP contribution >= 0.6 is 0 Å². The number of carbonyl (C=O) groups excluding carboxylic acids is 1. The van der Waals surface area contributed by atoms with E-state index in [1.807, 2.05) is 0 Å². The van der Waals surface area contributed by atoms with Crippen molar-refractivity contribution in [1.29, 1.82) is 0 Å². The number of hydrogen-bond acceptors (Lipinski definition) is 6. The maximum absolute atomic E-state index is 12.4. The topological polar surface area (TPSA) is 103 Å². The minimum Gasteiger partial charge on any atom is -0.446 e. The molecule has 0 aliphatic rings. The molecule has 0 aliphatic heterocycles. The molecule has 0 aromatic carbocycles. The molecule has 1 aromatic heterocycles. The van der Waals surface area contributed by atoms with E-state index < -0.39 is 21.7 Å². The molecular weight excluding hydrogens is 528 g/mol. The zero-order valence-electron chi connectivity index (χ0n) is 25.9. The number of sulfonamides is 1. The smallest absolute Gasteiger partial charge is 0.409 e. The van der Waals surface area contributed by atoms with Crippen molar-refractivity contribution in [2.75, 3.05) is 39.6 Å². The van der Waals surface area contributed by atoms with Crippen LogP contribution in [0.25, 0.3) is 0 Å². The number of amides is 1. The molecule has 0 radical (unpaired) electrons. The van der Waals surface area contributed by atoms with Gasteiger partial charge in [-0.05, 0) is 13.3 Å². The van der Waals surface area contributed by atoms with E-state index in [-0.39, 0.29) is 18.9 Å². The average molecular weight is 587 g/mol. The highest BCUT2D eigenvalue weighted by Gasteiger charge is 2.28. The van der Waals surface area contributed by atoms with Gasteiger partial charge in [-0.2, -0.15) is 0 Å². The summed E-state index contributed by atoms with van der Waals surface area (Å²) in [5.41, 5.74) is -0.965. The molecule has 1 amide bonds. The first-order chi connectivity index (χ1) is 19.2. The lowest BCUT2D eigenvalue weighted by Crippen LogP contribution is -2.47. The van der Waals surface area contributed by atoms with Crippen LogP contribution in [0.2, 0.25) is 0 Å². The number of nitrogens with one attached hydrogen (secondary N) is 1. The molecule has 1 atom stereocenters. The SMILES string of the molecule is CCCCCCCCCCCCCCCCCCN(C)C(=O)OCC(C)(CNS(=O)(=O)CCn1ccnc1)OC. The largest absolute Gasteiger partial charge is 0.446 e. The zero-order valence-corrected chi connectivity index (χ0v) is 26.7. The summed E-state index contributed by atoms with van der Waals surface area (Å²) in [4.78, 5) is 17.9. The van der Waals surface area contributed by atoms with Gasteiger partial charge in [-0.15, -0.1) is 0 Å². The van der Waals surface area contributed by atoms with Crippen LogP contribution in [-0.4, -0.2) is 74.2 Å². The number of nitrogens with zero attached hydrogens (tertiary/aromatic N) is 3. The summed E-state index contributed by atoms with van der Waals surface area (Å²) in [5, 5.41) is 0. The van der Waals surface area contributed by atoms with Crippen LogP contribution in [0.5, 0.6) is 0 Å². The summed E-state index contributed by atoms with van der Waals surface area (Å²) in [7, 11) is -0.307. The van der Waals surface area contributed by atoms with Gasteiger partial charge >= 0.3 is 6.09 Å². The highest BCUT2D eigenvalue weighted by Crippen LogP contribution is 2.14. The van der Waals surface area contributed by atoms with Crippen molar-refractivity contribution in [1.82, 2.24) is 19.2 Å². The van der Waals surface area contributed by atoms with E-state index >= 15 is 0 Å². The molecule has 40 heavy (non-hydrogen) atoms. The fraction of sp³-hybridized carbons (Fsp3) is 0.867. The van der Waals surface area contributed by atoms with Crippen LogP contribution in [0.15, 0.2) is 18.7 Å². The molecule has 1 N–H and O–H groups in total. The second-order valence-electron chi connectivity index (χ2n) is 11.4. The van der Waals surface area contributed by atoms with Crippen LogP contribution in [-0.2, 0) is 26.0 Å². The molecule has 0 bridgehead atoms. The monoisotopic (exact) mass is 586 g/mol. The van der Waals surface area contributed by atoms with E-state index in [9.17, 15) is 13.2 Å². The molecule has 10 heteroatoms. The quantitative estimate of drug-likeness (QED) is 0.124. The van der Waals surface area contributed by atoms with Gasteiger partial charge in [-0.3, -0.25) is 0 Å². The Hall–Kier alpha value is -1.65. The highest BCUT2D eigenvalue weighted by molar-refractivity contribution is 7.89. The zero-order chi connectivity index (χ0) is 29.5. The van der Waals surface area contributed by atoms with Crippen LogP contribution in [0.1, 0.15) is 117 Å². The Morgan fingerprint density at radius 1 is 0.925 bits per heavy atom. The Kier molecular flexibility index (Phi) is 20.0. The van der Waals surface area contributed by atoms with Crippen molar-refractivity contribution in [3.8, 4) is 0 Å². The maximum atomic E-state index is 12.4. The Morgan fingerprint density at radius 2 is 1.45 bits per heavy atom. The third-order valence-corrected chi connectivity index (χ3v) is 8.80. The second-order valence-corrected chi connectivity index (χ2v) is 13.3. The number of ether oxygens (including phenoxy) is 2. The number of hydrogen-bond donors (Lipinski definition) is 1. The minimum absolute atomic E-state index is 0.00583. The van der Waals surface area contributed by atoms with Gasteiger partial charge in [0.2, 0.25) is 10.0 Å². The number of methoxy groups -OCH3 is 1. The molecule has 0 saturated heterocycles. The Bertz CT molecular complexity index is 850. The van der Waals surface area contributed by atoms with Gasteiger partial charge in [0.1, 0.15) is 12.2 Å². The Labute approximate surface area is 244 Å². The van der Waals surface area contributed by atoms with Gasteiger partial charge in [0.15, 0.2) is 0 Å². The molecule has 0 spiro atoms. The van der Waals surface area contributed by atoms with E-state index in [2.05, 4.69) is 16.6 Å². The summed E-state index contributed by atoms with van der Waals surface area (Å²) < 4.78 is 39.9. The van der Waals surface area contributed by atoms with Crippen LogP contribution in [0.4, 0.5) is 4.79 Å². The fourth-order valence-electron chi connectivity index (χ4n) is 4.47. The normalized spacial score (nSPS) is 13.3. The third kappa shape index (κ3) is 18.7. The number of aryl methyl sites for hydroxylation is 1. The van der Waals surface area contributed by atoms with E-state index in [0.29, 0.717) is 13.1 Å². The molecule has 1 unspecified atom stereocenters. The minimum atomic E-state index is -3.52. The van der Waals surface area contributed by atoms with E-state index in [1.165, 1.54) is 97.0 Å². The second kappa shape index (κ2) is 22.0. The number of rotatable bonds is 26. The first kappa shape index (κ1) is 36.4. The van der Waals surface area contributed by atoms with Crippen molar-refractivity contribution < 1.29 is 22.7 Å². The molecule has 1 heterocycles. The number of imidazole rings is 1. The predicted molar refractivity (Wildman–Crippen MR) is 163 cm³/mol. The molecule has 1 aromatic rings. The molecular formula is C30H58N4O5S. The van der Waals surface area contributed by atoms with Gasteiger partial charge in [0, 0.05) is 46.2 Å². The molecule has 234 valence electrons. The van der Waals surface area contributed by atoms with Crippen molar-refractivity contribution in [2.45, 2.75) is 129 Å². The Morgan fingerprint density at radius 3 is 1.93 bits per heavy atom. The lowest BCUT2D eigenvalue weighted by Gasteiger charge is -2.29. The molecule has 1 rings (SSSR count). The van der Waals surface area contributed by atoms with Gasteiger partial charge in [0.25, 0.3) is 0 Å². The van der Waals surface area contributed by atoms with Gasteiger partial charge in [-0.25, -0.2) is 22.9 Å². The summed E-state index contributed by atoms with van der Waals surface area (Å²) in [6, 6.07) is 0.